The molecule has 1 N–H and O–H groups in total. The van der Waals surface area contributed by atoms with Crippen LogP contribution in [-0.2, 0) is 6.54 Å². The van der Waals surface area contributed by atoms with Gasteiger partial charge in [0, 0.05) is 25.8 Å². The lowest BCUT2D eigenvalue weighted by Crippen LogP contribution is -2.38. The van der Waals surface area contributed by atoms with E-state index in [4.69, 9.17) is 0 Å². The Kier molecular flexibility index (Phi) is 6.09. The van der Waals surface area contributed by atoms with Crippen LogP contribution in [0.15, 0.2) is 71.5 Å². The molecule has 0 unspecified atom stereocenters. The first-order valence-corrected chi connectivity index (χ1v) is 11.7. The molecule has 2 aromatic heterocycles. The van der Waals surface area contributed by atoms with Crippen molar-refractivity contribution in [1.82, 2.24) is 19.5 Å². The first-order valence-electron chi connectivity index (χ1n) is 11.0. The van der Waals surface area contributed by atoms with Gasteiger partial charge in [0.25, 0.3) is 5.91 Å². The third kappa shape index (κ3) is 4.35. The highest BCUT2D eigenvalue weighted by Gasteiger charge is 2.28. The van der Waals surface area contributed by atoms with E-state index in [1.165, 1.54) is 6.07 Å². The molecule has 6 nitrogen and oxygen atoms in total. The van der Waals surface area contributed by atoms with Crippen molar-refractivity contribution < 1.29 is 9.18 Å². The molecule has 168 valence electrons. The number of aromatic nitrogens is 3. The zero-order chi connectivity index (χ0) is 22.8. The molecule has 0 saturated carbocycles. The van der Waals surface area contributed by atoms with Crippen LogP contribution in [0.1, 0.15) is 40.2 Å². The highest BCUT2D eigenvalue weighted by atomic mass is 79.9. The molecule has 1 aliphatic rings. The second-order valence-corrected chi connectivity index (χ2v) is 9.03. The minimum absolute atomic E-state index is 0.0985. The Bertz CT molecular complexity index is 1280. The van der Waals surface area contributed by atoms with Crippen molar-refractivity contribution in [2.24, 2.45) is 0 Å². The van der Waals surface area contributed by atoms with E-state index in [0.29, 0.717) is 36.7 Å². The van der Waals surface area contributed by atoms with Crippen LogP contribution in [0.2, 0.25) is 0 Å². The molecule has 1 aliphatic heterocycles. The number of amides is 1. The molecule has 0 aliphatic carbocycles. The maximum absolute atomic E-state index is 14.2. The van der Waals surface area contributed by atoms with Crippen LogP contribution in [0.5, 0.6) is 0 Å². The van der Waals surface area contributed by atoms with Gasteiger partial charge in [0.1, 0.15) is 17.2 Å². The van der Waals surface area contributed by atoms with Crippen molar-refractivity contribution in [3.05, 3.63) is 94.0 Å². The topological polar surface area (TPSA) is 62.5 Å². The maximum Gasteiger partial charge on any atom is 0.259 e. The minimum atomic E-state index is -0.173. The van der Waals surface area contributed by atoms with Gasteiger partial charge in [-0.15, -0.1) is 0 Å². The number of hydrogen-bond acceptors (Lipinski definition) is 4. The van der Waals surface area contributed by atoms with Gasteiger partial charge in [-0.05, 0) is 51.9 Å². The summed E-state index contributed by atoms with van der Waals surface area (Å²) in [5.74, 6) is 0.455. The number of likely N-dealkylation sites (tertiary alicyclic amines) is 1. The normalized spacial score (nSPS) is 14.5. The van der Waals surface area contributed by atoms with E-state index in [9.17, 15) is 9.18 Å². The minimum Gasteiger partial charge on any atom is -0.365 e. The summed E-state index contributed by atoms with van der Waals surface area (Å²) in [5, 5.41) is 7.80. The van der Waals surface area contributed by atoms with Gasteiger partial charge < -0.3 is 10.2 Å². The maximum atomic E-state index is 14.2. The van der Waals surface area contributed by atoms with Gasteiger partial charge >= 0.3 is 0 Å². The molecular weight excluding hydrogens is 485 g/mol. The molecule has 3 heterocycles. The van der Waals surface area contributed by atoms with Crippen molar-refractivity contribution in [1.29, 1.82) is 0 Å². The Morgan fingerprint density at radius 1 is 1.06 bits per heavy atom. The van der Waals surface area contributed by atoms with Gasteiger partial charge in [0.15, 0.2) is 5.65 Å². The lowest BCUT2D eigenvalue weighted by atomic mass is 9.89. The summed E-state index contributed by atoms with van der Waals surface area (Å²) in [7, 11) is 0. The number of hydrogen-bond donors (Lipinski definition) is 1. The summed E-state index contributed by atoms with van der Waals surface area (Å²) in [5.41, 5.74) is 2.94. The quantitative estimate of drug-likeness (QED) is 0.400. The van der Waals surface area contributed by atoms with Crippen LogP contribution in [0, 0.1) is 5.82 Å². The SMILES string of the molecule is O=C(c1cnc2c(Br)cnn2c1NCc1ccccc1)N1CCC(c2ccccc2F)CC1. The number of nitrogens with one attached hydrogen (secondary N) is 1. The lowest BCUT2D eigenvalue weighted by Gasteiger charge is -2.32. The molecule has 0 spiro atoms. The number of carbonyl (C=O) groups is 1. The summed E-state index contributed by atoms with van der Waals surface area (Å²) in [6.07, 6.45) is 4.73. The molecule has 1 amide bonds. The number of anilines is 1. The second kappa shape index (κ2) is 9.31. The van der Waals surface area contributed by atoms with Crippen LogP contribution in [0.25, 0.3) is 5.65 Å². The van der Waals surface area contributed by atoms with Crippen molar-refractivity contribution in [3.63, 3.8) is 0 Å². The predicted octanol–water partition coefficient (Wildman–Crippen LogP) is 5.26. The van der Waals surface area contributed by atoms with Gasteiger partial charge in [-0.1, -0.05) is 48.5 Å². The van der Waals surface area contributed by atoms with E-state index >= 15 is 0 Å². The molecule has 4 aromatic rings. The van der Waals surface area contributed by atoms with Crippen molar-refractivity contribution >= 4 is 33.3 Å². The van der Waals surface area contributed by atoms with E-state index in [1.54, 1.807) is 23.0 Å². The van der Waals surface area contributed by atoms with E-state index in [1.807, 2.05) is 47.4 Å². The Labute approximate surface area is 199 Å². The van der Waals surface area contributed by atoms with E-state index in [-0.39, 0.29) is 17.6 Å². The molecule has 5 rings (SSSR count). The molecule has 1 fully saturated rings. The number of benzene rings is 2. The average Bonchev–Trinajstić information content (AvgIpc) is 3.24. The highest BCUT2D eigenvalue weighted by Crippen LogP contribution is 2.31. The van der Waals surface area contributed by atoms with E-state index < -0.39 is 0 Å². The fraction of sp³-hybridized carbons (Fsp3) is 0.240. The van der Waals surface area contributed by atoms with Gasteiger partial charge in [0.2, 0.25) is 0 Å². The average molecular weight is 508 g/mol. The standard InChI is InChI=1S/C25H23BrFN5O/c26-21-16-30-32-23(28-14-17-6-2-1-3-7-17)20(15-29-24(21)32)25(33)31-12-10-18(11-13-31)19-8-4-5-9-22(19)27/h1-9,15-16,18,28H,10-14H2. The van der Waals surface area contributed by atoms with E-state index in [0.717, 1.165) is 28.4 Å². The fourth-order valence-electron chi connectivity index (χ4n) is 4.38. The number of piperidine rings is 1. The summed E-state index contributed by atoms with van der Waals surface area (Å²) < 4.78 is 16.6. The molecule has 1 saturated heterocycles. The van der Waals surface area contributed by atoms with Gasteiger partial charge in [-0.3, -0.25) is 4.79 Å². The smallest absolute Gasteiger partial charge is 0.259 e. The summed E-state index contributed by atoms with van der Waals surface area (Å²) in [4.78, 5) is 19.8. The van der Waals surface area contributed by atoms with Crippen LogP contribution in [0.4, 0.5) is 10.2 Å². The molecule has 8 heteroatoms. The van der Waals surface area contributed by atoms with Crippen LogP contribution < -0.4 is 5.32 Å². The number of rotatable bonds is 5. The Hall–Kier alpha value is -3.26. The van der Waals surface area contributed by atoms with Gasteiger partial charge in [-0.2, -0.15) is 9.61 Å². The Morgan fingerprint density at radius 2 is 1.79 bits per heavy atom. The molecule has 2 aromatic carbocycles. The molecular formula is C25H23BrFN5O. The third-order valence-electron chi connectivity index (χ3n) is 6.14. The number of nitrogens with zero attached hydrogens (tertiary/aromatic N) is 4. The fourth-order valence-corrected chi connectivity index (χ4v) is 4.74. The molecule has 33 heavy (non-hydrogen) atoms. The van der Waals surface area contributed by atoms with Gasteiger partial charge in [0.05, 0.1) is 10.7 Å². The Balaban J connectivity index is 1.38. The second-order valence-electron chi connectivity index (χ2n) is 8.18. The van der Waals surface area contributed by atoms with Crippen LogP contribution in [-0.4, -0.2) is 38.5 Å². The Morgan fingerprint density at radius 3 is 2.55 bits per heavy atom. The summed E-state index contributed by atoms with van der Waals surface area (Å²) in [6, 6.07) is 16.9. The first-order chi connectivity index (χ1) is 16.1. The van der Waals surface area contributed by atoms with Crippen LogP contribution >= 0.6 is 15.9 Å². The van der Waals surface area contributed by atoms with Crippen molar-refractivity contribution in [2.75, 3.05) is 18.4 Å². The number of fused-ring (bicyclic) bond motifs is 1. The van der Waals surface area contributed by atoms with E-state index in [2.05, 4.69) is 31.3 Å². The van der Waals surface area contributed by atoms with Gasteiger partial charge in [-0.25, -0.2) is 9.37 Å². The van der Waals surface area contributed by atoms with Crippen molar-refractivity contribution in [3.8, 4) is 0 Å². The number of carbonyl (C=O) groups excluding carboxylic acids is 1. The zero-order valence-corrected chi connectivity index (χ0v) is 19.5. The predicted molar refractivity (Wildman–Crippen MR) is 129 cm³/mol. The highest BCUT2D eigenvalue weighted by molar-refractivity contribution is 9.10. The van der Waals surface area contributed by atoms with Crippen molar-refractivity contribution in [2.45, 2.75) is 25.3 Å². The first kappa shape index (κ1) is 21.6. The molecule has 0 radical (unpaired) electrons. The summed E-state index contributed by atoms with van der Waals surface area (Å²) >= 11 is 3.47. The van der Waals surface area contributed by atoms with Crippen LogP contribution in [0.3, 0.4) is 0 Å². The molecule has 0 atom stereocenters. The lowest BCUT2D eigenvalue weighted by molar-refractivity contribution is 0.0712. The summed E-state index contributed by atoms with van der Waals surface area (Å²) in [6.45, 7) is 1.68. The zero-order valence-electron chi connectivity index (χ0n) is 17.9. The largest absolute Gasteiger partial charge is 0.365 e. The number of halogens is 2. The monoisotopic (exact) mass is 507 g/mol. The third-order valence-corrected chi connectivity index (χ3v) is 6.70. The molecule has 0 bridgehead atoms.